The van der Waals surface area contributed by atoms with Crippen LogP contribution >= 0.6 is 11.3 Å². The van der Waals surface area contributed by atoms with E-state index in [0.717, 1.165) is 0 Å². The summed E-state index contributed by atoms with van der Waals surface area (Å²) < 4.78 is 37.9. The molecule has 3 heterocycles. The van der Waals surface area contributed by atoms with Crippen LogP contribution in [0.4, 0.5) is 0 Å². The lowest BCUT2D eigenvalue weighted by Crippen LogP contribution is -2.28. The van der Waals surface area contributed by atoms with Gasteiger partial charge in [-0.3, -0.25) is 0 Å². The van der Waals surface area contributed by atoms with Gasteiger partial charge in [0.2, 0.25) is 11.8 Å². The highest BCUT2D eigenvalue weighted by molar-refractivity contribution is 7.91. The van der Waals surface area contributed by atoms with Crippen LogP contribution in [0.15, 0.2) is 26.1 Å². The summed E-state index contributed by atoms with van der Waals surface area (Å²) >= 11 is 1.22. The third-order valence-corrected chi connectivity index (χ3v) is 6.94. The Bertz CT molecular complexity index is 726. The molecule has 2 aromatic rings. The van der Waals surface area contributed by atoms with Gasteiger partial charge in [-0.1, -0.05) is 6.07 Å². The predicted octanol–water partition coefficient (Wildman–Crippen LogP) is 1.49. The highest BCUT2D eigenvalue weighted by Gasteiger charge is 2.42. The van der Waals surface area contributed by atoms with Crippen LogP contribution in [0, 0.1) is 12.8 Å². The second-order valence-electron chi connectivity index (χ2n) is 5.24. The molecule has 0 spiro atoms. The average molecular weight is 343 g/mol. The van der Waals surface area contributed by atoms with Crippen molar-refractivity contribution in [2.24, 2.45) is 5.92 Å². The van der Waals surface area contributed by atoms with E-state index in [1.807, 2.05) is 0 Å². The molecule has 2 aromatic heterocycles. The molecule has 0 aromatic carbocycles. The lowest BCUT2D eigenvalue weighted by atomic mass is 9.97. The number of aryl methyl sites for hydroxylation is 1. The maximum atomic E-state index is 12.7. The van der Waals surface area contributed by atoms with Gasteiger partial charge in [0.15, 0.2) is 0 Å². The standard InChI is InChI=1S/C13H17N3O4S2/c1-9-14-15-13(20-9)11-7-16(6-10(11)8-19-2)22(17,18)12-4-3-5-21-12/h3-5,10-11H,6-8H2,1-2H3/t10-,11+/m0/s1. The third kappa shape index (κ3) is 2.81. The normalized spacial score (nSPS) is 23.2. The third-order valence-electron chi connectivity index (χ3n) is 3.74. The zero-order valence-electron chi connectivity index (χ0n) is 12.3. The fraction of sp³-hybridized carbons (Fsp3) is 0.538. The number of hydrogen-bond acceptors (Lipinski definition) is 7. The minimum Gasteiger partial charge on any atom is -0.425 e. The van der Waals surface area contributed by atoms with Crippen molar-refractivity contribution in [3.8, 4) is 0 Å². The Morgan fingerprint density at radius 2 is 2.27 bits per heavy atom. The van der Waals surface area contributed by atoms with Crippen LogP contribution in [0.5, 0.6) is 0 Å². The minimum atomic E-state index is -3.47. The van der Waals surface area contributed by atoms with Gasteiger partial charge in [-0.25, -0.2) is 8.42 Å². The smallest absolute Gasteiger partial charge is 0.252 e. The second kappa shape index (κ2) is 6.07. The van der Waals surface area contributed by atoms with Gasteiger partial charge in [-0.05, 0) is 11.4 Å². The van der Waals surface area contributed by atoms with E-state index in [1.54, 1.807) is 31.5 Å². The van der Waals surface area contributed by atoms with E-state index in [-0.39, 0.29) is 11.8 Å². The average Bonchev–Trinajstić information content (AvgIpc) is 3.17. The number of aromatic nitrogens is 2. The number of rotatable bonds is 5. The first kappa shape index (κ1) is 15.6. The van der Waals surface area contributed by atoms with Crippen LogP contribution in [0.25, 0.3) is 0 Å². The van der Waals surface area contributed by atoms with Gasteiger partial charge in [0.25, 0.3) is 10.0 Å². The predicted molar refractivity (Wildman–Crippen MR) is 80.2 cm³/mol. The fourth-order valence-corrected chi connectivity index (χ4v) is 5.36. The summed E-state index contributed by atoms with van der Waals surface area (Å²) in [4.78, 5) is 0. The molecule has 9 heteroatoms. The Labute approximate surface area is 133 Å². The van der Waals surface area contributed by atoms with Crippen molar-refractivity contribution in [1.29, 1.82) is 0 Å². The minimum absolute atomic E-state index is 0.000382. The first-order valence-electron chi connectivity index (χ1n) is 6.85. The van der Waals surface area contributed by atoms with E-state index in [9.17, 15) is 8.42 Å². The van der Waals surface area contributed by atoms with E-state index in [4.69, 9.17) is 9.15 Å². The first-order chi connectivity index (χ1) is 10.5. The summed E-state index contributed by atoms with van der Waals surface area (Å²) in [6.07, 6.45) is 0. The van der Waals surface area contributed by atoms with Gasteiger partial charge >= 0.3 is 0 Å². The Morgan fingerprint density at radius 3 is 2.86 bits per heavy atom. The van der Waals surface area contributed by atoms with Crippen molar-refractivity contribution in [1.82, 2.24) is 14.5 Å². The van der Waals surface area contributed by atoms with Crippen LogP contribution in [-0.2, 0) is 14.8 Å². The van der Waals surface area contributed by atoms with Gasteiger partial charge in [0.1, 0.15) is 4.21 Å². The number of methoxy groups -OCH3 is 1. The number of sulfonamides is 1. The Morgan fingerprint density at radius 1 is 1.45 bits per heavy atom. The molecule has 0 aliphatic carbocycles. The number of ether oxygens (including phenoxy) is 1. The number of nitrogens with zero attached hydrogens (tertiary/aromatic N) is 3. The molecule has 1 aliphatic rings. The van der Waals surface area contributed by atoms with Crippen LogP contribution in [0.3, 0.4) is 0 Å². The first-order valence-corrected chi connectivity index (χ1v) is 9.17. The Hall–Kier alpha value is -1.29. The lowest BCUT2D eigenvalue weighted by Gasteiger charge is -2.14. The second-order valence-corrected chi connectivity index (χ2v) is 8.35. The summed E-state index contributed by atoms with van der Waals surface area (Å²) in [6.45, 7) is 2.88. The van der Waals surface area contributed by atoms with Gasteiger partial charge in [0, 0.05) is 33.0 Å². The van der Waals surface area contributed by atoms with Gasteiger partial charge in [0.05, 0.1) is 12.5 Å². The lowest BCUT2D eigenvalue weighted by molar-refractivity contribution is 0.146. The molecule has 0 amide bonds. The topological polar surface area (TPSA) is 85.5 Å². The van der Waals surface area contributed by atoms with Crippen LogP contribution in [0.2, 0.25) is 0 Å². The van der Waals surface area contributed by atoms with Crippen LogP contribution in [-0.4, -0.2) is 49.7 Å². The molecule has 0 saturated carbocycles. The maximum absolute atomic E-state index is 12.7. The van der Waals surface area contributed by atoms with Crippen molar-refractivity contribution in [2.75, 3.05) is 26.8 Å². The molecule has 120 valence electrons. The molecule has 22 heavy (non-hydrogen) atoms. The highest BCUT2D eigenvalue weighted by atomic mass is 32.2. The Kier molecular flexibility index (Phi) is 4.31. The molecule has 0 radical (unpaired) electrons. The molecule has 0 N–H and O–H groups in total. The number of thiophene rings is 1. The zero-order chi connectivity index (χ0) is 15.7. The van der Waals surface area contributed by atoms with E-state index in [1.165, 1.54) is 15.6 Å². The molecule has 1 fully saturated rings. The zero-order valence-corrected chi connectivity index (χ0v) is 13.9. The molecule has 1 saturated heterocycles. The summed E-state index contributed by atoms with van der Waals surface area (Å²) in [6, 6.07) is 3.36. The Balaban J connectivity index is 1.87. The van der Waals surface area contributed by atoms with Crippen molar-refractivity contribution < 1.29 is 17.6 Å². The van der Waals surface area contributed by atoms with Gasteiger partial charge in [-0.2, -0.15) is 4.31 Å². The summed E-state index contributed by atoms with van der Waals surface area (Å²) in [5.41, 5.74) is 0. The van der Waals surface area contributed by atoms with E-state index in [2.05, 4.69) is 10.2 Å². The summed E-state index contributed by atoms with van der Waals surface area (Å²) in [5.74, 6) is 0.810. The van der Waals surface area contributed by atoms with Crippen molar-refractivity contribution >= 4 is 21.4 Å². The van der Waals surface area contributed by atoms with Gasteiger partial charge < -0.3 is 9.15 Å². The molecule has 0 unspecified atom stereocenters. The summed E-state index contributed by atoms with van der Waals surface area (Å²) in [7, 11) is -1.87. The van der Waals surface area contributed by atoms with Crippen LogP contribution < -0.4 is 0 Å². The van der Waals surface area contributed by atoms with E-state index in [0.29, 0.717) is 35.7 Å². The monoisotopic (exact) mass is 343 g/mol. The number of hydrogen-bond donors (Lipinski definition) is 0. The van der Waals surface area contributed by atoms with Crippen molar-refractivity contribution in [3.05, 3.63) is 29.3 Å². The quantitative estimate of drug-likeness (QED) is 0.818. The fourth-order valence-electron chi connectivity index (χ4n) is 2.69. The SMILES string of the molecule is COC[C@@H]1CN(S(=O)(=O)c2cccs2)C[C@H]1c1nnc(C)o1. The maximum Gasteiger partial charge on any atom is 0.252 e. The molecule has 1 aliphatic heterocycles. The molecule has 0 bridgehead atoms. The van der Waals surface area contributed by atoms with Crippen LogP contribution in [0.1, 0.15) is 17.7 Å². The molecule has 3 rings (SSSR count). The van der Waals surface area contributed by atoms with Crippen molar-refractivity contribution in [2.45, 2.75) is 17.1 Å². The van der Waals surface area contributed by atoms with E-state index < -0.39 is 10.0 Å². The largest absolute Gasteiger partial charge is 0.425 e. The molecule has 7 nitrogen and oxygen atoms in total. The summed E-state index contributed by atoms with van der Waals surface area (Å²) in [5, 5.41) is 9.65. The van der Waals surface area contributed by atoms with Gasteiger partial charge in [-0.15, -0.1) is 21.5 Å². The van der Waals surface area contributed by atoms with Crippen molar-refractivity contribution in [3.63, 3.8) is 0 Å². The molecule has 2 atom stereocenters. The van der Waals surface area contributed by atoms with E-state index >= 15 is 0 Å². The highest BCUT2D eigenvalue weighted by Crippen LogP contribution is 2.36. The molecular formula is C13H17N3O4S2. The molecular weight excluding hydrogens is 326 g/mol.